The molecule has 40 heavy (non-hydrogen) atoms. The van der Waals surface area contributed by atoms with Gasteiger partial charge < -0.3 is 4.74 Å². The third-order valence-corrected chi connectivity index (χ3v) is 10.3. The first kappa shape index (κ1) is 23.0. The summed E-state index contributed by atoms with van der Waals surface area (Å²) in [5, 5.41) is 11.3. The second-order valence-electron chi connectivity index (χ2n) is 9.97. The van der Waals surface area contributed by atoms with Crippen molar-refractivity contribution in [3.05, 3.63) is 146 Å². The summed E-state index contributed by atoms with van der Waals surface area (Å²) in [5.41, 5.74) is 2.45. The third kappa shape index (κ3) is 3.54. The van der Waals surface area contributed by atoms with Crippen LogP contribution in [0, 0.1) is 0 Å². The molecule has 0 fully saturated rings. The van der Waals surface area contributed by atoms with E-state index in [2.05, 4.69) is 108 Å². The second-order valence-corrected chi connectivity index (χ2v) is 12.1. The monoisotopic (exact) mass is 529 g/mol. The van der Waals surface area contributed by atoms with E-state index in [1.165, 1.54) is 37.4 Å². The Bertz CT molecular complexity index is 2130. The molecule has 1 unspecified atom stereocenters. The predicted molar refractivity (Wildman–Crippen MR) is 170 cm³/mol. The van der Waals surface area contributed by atoms with Crippen LogP contribution in [0.25, 0.3) is 59.0 Å². The average molecular weight is 530 g/mol. The minimum atomic E-state index is -0.645. The lowest BCUT2D eigenvalue weighted by Crippen LogP contribution is -1.93. The first-order chi connectivity index (χ1) is 19.9. The molecule has 8 aromatic rings. The van der Waals surface area contributed by atoms with E-state index in [9.17, 15) is 0 Å². The summed E-state index contributed by atoms with van der Waals surface area (Å²) >= 11 is 0. The fraction of sp³-hybridized carbons (Fsp3) is 0. The number of hydrogen-bond acceptors (Lipinski definition) is 2. The first-order valence-electron chi connectivity index (χ1n) is 13.5. The maximum Gasteiger partial charge on any atom is 0.143 e. The molecule has 8 rings (SSSR count). The lowest BCUT2D eigenvalue weighted by atomic mass is 9.90. The van der Waals surface area contributed by atoms with Gasteiger partial charge >= 0.3 is 0 Å². The Kier molecular flexibility index (Phi) is 5.40. The number of aromatic nitrogens is 1. The molecule has 0 aliphatic carbocycles. The SMILES string of the molecule is c1ccc(Oc2c3ccccc3c(-c3cccc4c3c3ccccc3p4-c3ccccc3)c3cnccc23)cc1. The summed E-state index contributed by atoms with van der Waals surface area (Å²) in [6, 6.07) is 47.4. The van der Waals surface area contributed by atoms with Gasteiger partial charge in [0.2, 0.25) is 0 Å². The van der Waals surface area contributed by atoms with Gasteiger partial charge in [0.05, 0.1) is 0 Å². The van der Waals surface area contributed by atoms with Crippen LogP contribution in [0.5, 0.6) is 11.5 Å². The predicted octanol–water partition coefficient (Wildman–Crippen LogP) is 11.1. The van der Waals surface area contributed by atoms with Gasteiger partial charge in [-0.25, -0.2) is 0 Å². The van der Waals surface area contributed by atoms with Gasteiger partial charge in [-0.05, 0) is 51.5 Å². The molecule has 1 atom stereocenters. The molecule has 0 radical (unpaired) electrons. The van der Waals surface area contributed by atoms with Crippen molar-refractivity contribution in [2.75, 3.05) is 0 Å². The maximum absolute atomic E-state index is 6.59. The van der Waals surface area contributed by atoms with Crippen LogP contribution in [-0.2, 0) is 0 Å². The number of rotatable bonds is 4. The summed E-state index contributed by atoms with van der Waals surface area (Å²) in [4.78, 5) is 4.60. The molecule has 0 aliphatic heterocycles. The van der Waals surface area contributed by atoms with E-state index in [1.54, 1.807) is 0 Å². The Labute approximate surface area is 233 Å². The minimum Gasteiger partial charge on any atom is -0.456 e. The topological polar surface area (TPSA) is 22.1 Å². The Morgan fingerprint density at radius 2 is 1.15 bits per heavy atom. The van der Waals surface area contributed by atoms with E-state index in [1.807, 2.05) is 42.7 Å². The van der Waals surface area contributed by atoms with Gasteiger partial charge in [-0.15, -0.1) is 0 Å². The molecule has 0 saturated heterocycles. The van der Waals surface area contributed by atoms with Crippen LogP contribution in [-0.4, -0.2) is 4.98 Å². The zero-order valence-electron chi connectivity index (χ0n) is 21.7. The maximum atomic E-state index is 6.59. The van der Waals surface area contributed by atoms with Gasteiger partial charge in [-0.3, -0.25) is 4.98 Å². The number of hydrogen-bond donors (Lipinski definition) is 0. The molecule has 0 spiro atoms. The fourth-order valence-electron chi connectivity index (χ4n) is 6.07. The zero-order chi connectivity index (χ0) is 26.5. The van der Waals surface area contributed by atoms with Gasteiger partial charge in [0.25, 0.3) is 0 Å². The van der Waals surface area contributed by atoms with Crippen LogP contribution in [0.3, 0.4) is 0 Å². The average Bonchev–Trinajstić information content (AvgIpc) is 3.37. The van der Waals surface area contributed by atoms with Crippen LogP contribution in [0.4, 0.5) is 0 Å². The van der Waals surface area contributed by atoms with E-state index in [0.29, 0.717) is 0 Å². The Morgan fingerprint density at radius 3 is 1.98 bits per heavy atom. The normalized spacial score (nSPS) is 11.9. The summed E-state index contributed by atoms with van der Waals surface area (Å²) in [6.07, 6.45) is 3.85. The van der Waals surface area contributed by atoms with Crippen molar-refractivity contribution >= 4 is 50.1 Å². The lowest BCUT2D eigenvalue weighted by molar-refractivity contribution is 0.494. The molecule has 2 nitrogen and oxygen atoms in total. The first-order valence-corrected chi connectivity index (χ1v) is 14.8. The highest BCUT2D eigenvalue weighted by Gasteiger charge is 2.21. The smallest absolute Gasteiger partial charge is 0.143 e. The van der Waals surface area contributed by atoms with Crippen LogP contribution in [0.1, 0.15) is 0 Å². The highest BCUT2D eigenvalue weighted by molar-refractivity contribution is 7.68. The second kappa shape index (κ2) is 9.38. The summed E-state index contributed by atoms with van der Waals surface area (Å²) < 4.78 is 6.59. The van der Waals surface area contributed by atoms with Gasteiger partial charge in [-0.2, -0.15) is 0 Å². The molecule has 0 N–H and O–H groups in total. The standard InChI is InChI=1S/C37H24NOP/c1-3-12-25(13-4-1)39-37-28-17-8-7-16-27(28)35(32-24-38-23-22-29(32)37)31-19-11-21-34-36(31)30-18-9-10-20-33(30)40(34)26-14-5-2-6-15-26/h1-24H. The van der Waals surface area contributed by atoms with Crippen LogP contribution in [0.2, 0.25) is 0 Å². The Balaban J connectivity index is 1.51. The third-order valence-electron chi connectivity index (χ3n) is 7.72. The quantitative estimate of drug-likeness (QED) is 0.212. The molecule has 2 heterocycles. The van der Waals surface area contributed by atoms with Gasteiger partial charge in [0.15, 0.2) is 0 Å². The van der Waals surface area contributed by atoms with Crippen molar-refractivity contribution in [1.82, 2.24) is 4.98 Å². The van der Waals surface area contributed by atoms with E-state index in [0.717, 1.165) is 33.0 Å². The molecule has 2 aromatic heterocycles. The number of para-hydroxylation sites is 1. The Morgan fingerprint density at radius 1 is 0.500 bits per heavy atom. The van der Waals surface area contributed by atoms with Gasteiger partial charge in [-0.1, -0.05) is 117 Å². The largest absolute Gasteiger partial charge is 0.456 e. The lowest BCUT2D eigenvalue weighted by Gasteiger charge is -2.18. The van der Waals surface area contributed by atoms with Crippen molar-refractivity contribution < 1.29 is 4.74 Å². The fourth-order valence-corrected chi connectivity index (χ4v) is 8.72. The number of nitrogens with zero attached hydrogens (tertiary/aromatic N) is 1. The number of fused-ring (bicyclic) bond motifs is 5. The zero-order valence-corrected chi connectivity index (χ0v) is 22.6. The summed E-state index contributed by atoms with van der Waals surface area (Å²) in [6.45, 7) is 0. The summed E-state index contributed by atoms with van der Waals surface area (Å²) in [7, 11) is -0.645. The highest BCUT2D eigenvalue weighted by Crippen LogP contribution is 2.57. The summed E-state index contributed by atoms with van der Waals surface area (Å²) in [5.74, 6) is 1.68. The molecule has 6 aromatic carbocycles. The molecule has 0 amide bonds. The van der Waals surface area contributed by atoms with E-state index in [4.69, 9.17) is 4.74 Å². The van der Waals surface area contributed by atoms with E-state index >= 15 is 0 Å². The van der Waals surface area contributed by atoms with Crippen LogP contribution < -0.4 is 4.74 Å². The highest BCUT2D eigenvalue weighted by atomic mass is 31.1. The molecular weight excluding hydrogens is 505 g/mol. The minimum absolute atomic E-state index is 0.645. The molecule has 0 saturated carbocycles. The molecule has 0 aliphatic rings. The van der Waals surface area contributed by atoms with Crippen molar-refractivity contribution in [2.45, 2.75) is 0 Å². The van der Waals surface area contributed by atoms with Crippen LogP contribution in [0.15, 0.2) is 146 Å². The van der Waals surface area contributed by atoms with Crippen molar-refractivity contribution in [1.29, 1.82) is 0 Å². The van der Waals surface area contributed by atoms with Gasteiger partial charge in [0.1, 0.15) is 11.5 Å². The molecule has 188 valence electrons. The number of pyridine rings is 1. The van der Waals surface area contributed by atoms with Crippen molar-refractivity contribution in [2.24, 2.45) is 0 Å². The molecule has 3 heteroatoms. The molecular formula is C37H24NOP. The van der Waals surface area contributed by atoms with Crippen LogP contribution >= 0.6 is 7.53 Å². The number of ether oxygens (including phenoxy) is 1. The van der Waals surface area contributed by atoms with Crippen molar-refractivity contribution in [3.8, 4) is 27.9 Å². The van der Waals surface area contributed by atoms with E-state index in [-0.39, 0.29) is 0 Å². The van der Waals surface area contributed by atoms with Crippen molar-refractivity contribution in [3.63, 3.8) is 0 Å². The molecule has 0 bridgehead atoms. The number of benzene rings is 6. The van der Waals surface area contributed by atoms with Gasteiger partial charge in [0, 0.05) is 44.2 Å². The Hall–Kier alpha value is -4.91. The van der Waals surface area contributed by atoms with E-state index < -0.39 is 7.53 Å².